The zero-order valence-electron chi connectivity index (χ0n) is 16.5. The van der Waals surface area contributed by atoms with Gasteiger partial charge in [0.2, 0.25) is 0 Å². The number of halogens is 1. The number of hydrogen-bond donors (Lipinski definition) is 0. The minimum absolute atomic E-state index is 0.0738. The molecule has 4 aromatic rings. The lowest BCUT2D eigenvalue weighted by molar-refractivity contribution is 0.103. The Labute approximate surface area is 178 Å². The summed E-state index contributed by atoms with van der Waals surface area (Å²) in [7, 11) is 1.71. The molecule has 30 heavy (non-hydrogen) atoms. The van der Waals surface area contributed by atoms with Gasteiger partial charge in [0.25, 0.3) is 5.56 Å². The van der Waals surface area contributed by atoms with E-state index in [0.717, 1.165) is 11.1 Å². The second kappa shape index (κ2) is 8.05. The summed E-state index contributed by atoms with van der Waals surface area (Å²) in [6.45, 7) is 1.91. The van der Waals surface area contributed by atoms with Crippen LogP contribution in [0.25, 0.3) is 23.1 Å². The monoisotopic (exact) mass is 415 g/mol. The lowest BCUT2D eigenvalue weighted by Crippen LogP contribution is -2.21. The number of aryl methyl sites for hydroxylation is 1. The Morgan fingerprint density at radius 3 is 2.43 bits per heavy atom. The van der Waals surface area contributed by atoms with Crippen molar-refractivity contribution in [1.82, 2.24) is 14.5 Å². The minimum Gasteiger partial charge on any atom is -0.296 e. The van der Waals surface area contributed by atoms with Gasteiger partial charge in [-0.25, -0.2) is 9.97 Å². The summed E-state index contributed by atoms with van der Waals surface area (Å²) in [6, 6.07) is 16.1. The molecule has 2 heterocycles. The highest BCUT2D eigenvalue weighted by Gasteiger charge is 2.10. The molecular weight excluding hydrogens is 398 g/mol. The maximum atomic E-state index is 12.7. The maximum Gasteiger partial charge on any atom is 0.261 e. The summed E-state index contributed by atoms with van der Waals surface area (Å²) in [6.07, 6.45) is 5.12. The van der Waals surface area contributed by atoms with E-state index >= 15 is 0 Å². The minimum atomic E-state index is -0.122. The molecule has 0 radical (unpaired) electrons. The molecule has 0 N–H and O–H groups in total. The van der Waals surface area contributed by atoms with Crippen molar-refractivity contribution in [2.24, 2.45) is 7.05 Å². The van der Waals surface area contributed by atoms with Crippen molar-refractivity contribution in [3.05, 3.63) is 104 Å². The molecule has 4 rings (SSSR count). The second-order valence-corrected chi connectivity index (χ2v) is 7.34. The van der Waals surface area contributed by atoms with Gasteiger partial charge in [-0.1, -0.05) is 54.1 Å². The van der Waals surface area contributed by atoms with Gasteiger partial charge in [0.15, 0.2) is 5.78 Å². The van der Waals surface area contributed by atoms with E-state index in [1.165, 1.54) is 10.8 Å². The normalized spacial score (nSPS) is 11.3. The van der Waals surface area contributed by atoms with Gasteiger partial charge in [-0.2, -0.15) is 0 Å². The number of benzene rings is 2. The fourth-order valence-corrected chi connectivity index (χ4v) is 3.35. The second-order valence-electron chi connectivity index (χ2n) is 6.96. The van der Waals surface area contributed by atoms with Crippen molar-refractivity contribution in [3.63, 3.8) is 0 Å². The van der Waals surface area contributed by atoms with Crippen LogP contribution < -0.4 is 5.56 Å². The van der Waals surface area contributed by atoms with E-state index < -0.39 is 0 Å². The number of hydrogen-bond acceptors (Lipinski definition) is 4. The van der Waals surface area contributed by atoms with Crippen LogP contribution in [0.3, 0.4) is 0 Å². The molecule has 2 aromatic heterocycles. The number of carbonyl (C=O) groups is 1. The Morgan fingerprint density at radius 2 is 1.73 bits per heavy atom. The van der Waals surface area contributed by atoms with Crippen LogP contribution in [0.5, 0.6) is 0 Å². The van der Waals surface area contributed by atoms with Gasteiger partial charge in [-0.15, -0.1) is 0 Å². The summed E-state index contributed by atoms with van der Waals surface area (Å²) in [5.41, 5.74) is 3.44. The van der Waals surface area contributed by atoms with Crippen LogP contribution in [0.15, 0.2) is 65.6 Å². The average molecular weight is 416 g/mol. The zero-order valence-corrected chi connectivity index (χ0v) is 17.2. The molecule has 0 saturated carbocycles. The van der Waals surface area contributed by atoms with Crippen LogP contribution in [0.4, 0.5) is 0 Å². The highest BCUT2D eigenvalue weighted by Crippen LogP contribution is 2.16. The Balaban J connectivity index is 1.61. The van der Waals surface area contributed by atoms with Crippen molar-refractivity contribution < 1.29 is 4.79 Å². The number of pyridine rings is 1. The van der Waals surface area contributed by atoms with E-state index in [0.29, 0.717) is 33.0 Å². The first-order valence-electron chi connectivity index (χ1n) is 9.35. The molecule has 0 saturated heterocycles. The SMILES string of the molecule is Cc1cccc2nc(C=Cc3ccc(C(=O)c4ccc(Cl)nc4)cc3)n(C)c(=O)c12. The number of rotatable bonds is 4. The Kier molecular flexibility index (Phi) is 5.29. The first-order valence-corrected chi connectivity index (χ1v) is 9.72. The third-order valence-corrected chi connectivity index (χ3v) is 5.16. The van der Waals surface area contributed by atoms with Crippen LogP contribution >= 0.6 is 11.6 Å². The predicted molar refractivity (Wildman–Crippen MR) is 120 cm³/mol. The maximum absolute atomic E-state index is 12.7. The smallest absolute Gasteiger partial charge is 0.261 e. The topological polar surface area (TPSA) is 64.8 Å². The third-order valence-electron chi connectivity index (χ3n) is 4.94. The van der Waals surface area contributed by atoms with Crippen LogP contribution in [0.1, 0.15) is 32.9 Å². The van der Waals surface area contributed by atoms with Crippen LogP contribution in [-0.2, 0) is 7.05 Å². The van der Waals surface area contributed by atoms with Gasteiger partial charge in [-0.05, 0) is 42.3 Å². The molecule has 6 heteroatoms. The fraction of sp³-hybridized carbons (Fsp3) is 0.0833. The lowest BCUT2D eigenvalue weighted by Gasteiger charge is -2.07. The number of nitrogens with zero attached hydrogens (tertiary/aromatic N) is 3. The van der Waals surface area contributed by atoms with E-state index in [1.807, 2.05) is 43.3 Å². The molecule has 5 nitrogen and oxygen atoms in total. The number of ketones is 1. The molecule has 0 aliphatic rings. The summed E-state index contributed by atoms with van der Waals surface area (Å²) < 4.78 is 1.54. The Hall–Kier alpha value is -3.57. The number of aromatic nitrogens is 3. The molecule has 0 bridgehead atoms. The van der Waals surface area contributed by atoms with Gasteiger partial charge >= 0.3 is 0 Å². The van der Waals surface area contributed by atoms with Crippen molar-refractivity contribution >= 4 is 40.4 Å². The number of fused-ring (bicyclic) bond motifs is 1. The highest BCUT2D eigenvalue weighted by atomic mass is 35.5. The summed E-state index contributed by atoms with van der Waals surface area (Å²) in [5.74, 6) is 0.439. The molecule has 0 spiro atoms. The Morgan fingerprint density at radius 1 is 1.00 bits per heavy atom. The van der Waals surface area contributed by atoms with Gasteiger partial charge in [0.05, 0.1) is 10.9 Å². The molecule has 0 unspecified atom stereocenters. The van der Waals surface area contributed by atoms with Crippen molar-refractivity contribution in [2.75, 3.05) is 0 Å². The first kappa shape index (κ1) is 19.7. The molecule has 0 aliphatic heterocycles. The average Bonchev–Trinajstić information content (AvgIpc) is 2.75. The van der Waals surface area contributed by atoms with Crippen LogP contribution in [0, 0.1) is 6.92 Å². The van der Waals surface area contributed by atoms with E-state index in [-0.39, 0.29) is 11.3 Å². The third kappa shape index (κ3) is 3.80. The van der Waals surface area contributed by atoms with Gasteiger partial charge in [0, 0.05) is 24.4 Å². The van der Waals surface area contributed by atoms with Crippen molar-refractivity contribution in [2.45, 2.75) is 6.92 Å². The van der Waals surface area contributed by atoms with Crippen LogP contribution in [-0.4, -0.2) is 20.3 Å². The van der Waals surface area contributed by atoms with Crippen molar-refractivity contribution in [1.29, 1.82) is 0 Å². The quantitative estimate of drug-likeness (QED) is 0.358. The van der Waals surface area contributed by atoms with Gasteiger partial charge in [-0.3, -0.25) is 14.2 Å². The standard InChI is InChI=1S/C24H18ClN3O2/c1-15-4-3-5-19-22(15)24(30)28(2)21(27-19)13-8-16-6-9-17(10-7-16)23(29)18-11-12-20(25)26-14-18/h3-14H,1-2H3. The zero-order chi connectivity index (χ0) is 21.3. The highest BCUT2D eigenvalue weighted by molar-refractivity contribution is 6.29. The predicted octanol–water partition coefficient (Wildman–Crippen LogP) is 4.69. The fourth-order valence-electron chi connectivity index (χ4n) is 3.24. The summed E-state index contributed by atoms with van der Waals surface area (Å²) >= 11 is 5.77. The Bertz CT molecular complexity index is 1340. The summed E-state index contributed by atoms with van der Waals surface area (Å²) in [5, 5.41) is 0.982. The lowest BCUT2D eigenvalue weighted by atomic mass is 10.0. The molecule has 2 aromatic carbocycles. The molecule has 0 amide bonds. The molecule has 0 fully saturated rings. The molecule has 148 valence electrons. The number of carbonyl (C=O) groups excluding carboxylic acids is 1. The van der Waals surface area contributed by atoms with Crippen LogP contribution in [0.2, 0.25) is 5.15 Å². The largest absolute Gasteiger partial charge is 0.296 e. The molecule has 0 aliphatic carbocycles. The van der Waals surface area contributed by atoms with Gasteiger partial charge < -0.3 is 0 Å². The van der Waals surface area contributed by atoms with E-state index in [1.54, 1.807) is 37.4 Å². The summed E-state index contributed by atoms with van der Waals surface area (Å²) in [4.78, 5) is 33.8. The molecule has 0 atom stereocenters. The van der Waals surface area contributed by atoms with Crippen molar-refractivity contribution in [3.8, 4) is 0 Å². The first-order chi connectivity index (χ1) is 14.4. The molecular formula is C24H18ClN3O2. The van der Waals surface area contributed by atoms with E-state index in [4.69, 9.17) is 11.6 Å². The van der Waals surface area contributed by atoms with E-state index in [9.17, 15) is 9.59 Å². The van der Waals surface area contributed by atoms with Gasteiger partial charge in [0.1, 0.15) is 11.0 Å². The van der Waals surface area contributed by atoms with E-state index in [2.05, 4.69) is 9.97 Å².